The average Bonchev–Trinajstić information content (AvgIpc) is 3.00. The molecule has 1 amide bonds. The zero-order valence-corrected chi connectivity index (χ0v) is 15.3. The summed E-state index contributed by atoms with van der Waals surface area (Å²) in [5.41, 5.74) is 1.30. The van der Waals surface area contributed by atoms with Crippen molar-refractivity contribution >= 4 is 33.2 Å². The molecule has 0 saturated carbocycles. The van der Waals surface area contributed by atoms with Gasteiger partial charge in [0.15, 0.2) is 0 Å². The Labute approximate surface area is 143 Å². The minimum atomic E-state index is -3.61. The summed E-state index contributed by atoms with van der Waals surface area (Å²) in [6.07, 6.45) is 3.48. The fraction of sp³-hybridized carbons (Fsp3) is 0.562. The van der Waals surface area contributed by atoms with Crippen molar-refractivity contribution in [3.8, 4) is 0 Å². The lowest BCUT2D eigenvalue weighted by Crippen LogP contribution is -2.50. The Morgan fingerprint density at radius 1 is 1.35 bits per heavy atom. The first-order valence-electron chi connectivity index (χ1n) is 7.80. The molecule has 2 rings (SSSR count). The molecule has 7 heteroatoms. The van der Waals surface area contributed by atoms with E-state index in [1.807, 2.05) is 13.8 Å². The van der Waals surface area contributed by atoms with Gasteiger partial charge in [-0.1, -0.05) is 24.6 Å². The molecule has 1 aliphatic heterocycles. The van der Waals surface area contributed by atoms with Gasteiger partial charge < -0.3 is 4.90 Å². The van der Waals surface area contributed by atoms with Gasteiger partial charge in [0.2, 0.25) is 15.9 Å². The van der Waals surface area contributed by atoms with Gasteiger partial charge in [0.05, 0.1) is 11.9 Å². The first kappa shape index (κ1) is 18.1. The zero-order chi connectivity index (χ0) is 17.2. The van der Waals surface area contributed by atoms with Crippen LogP contribution in [-0.2, 0) is 14.8 Å². The molecule has 1 aliphatic rings. The van der Waals surface area contributed by atoms with Gasteiger partial charge in [-0.2, -0.15) is 0 Å². The molecule has 1 aromatic carbocycles. The number of anilines is 1. The summed E-state index contributed by atoms with van der Waals surface area (Å²) in [4.78, 5) is 14.5. The van der Waals surface area contributed by atoms with Crippen molar-refractivity contribution in [3.63, 3.8) is 0 Å². The number of carbonyl (C=O) groups is 1. The van der Waals surface area contributed by atoms with Crippen molar-refractivity contribution in [2.45, 2.75) is 39.2 Å². The van der Waals surface area contributed by atoms with Crippen LogP contribution in [0.2, 0.25) is 5.02 Å². The van der Waals surface area contributed by atoms with Crippen LogP contribution in [0.1, 0.15) is 31.7 Å². The fourth-order valence-electron chi connectivity index (χ4n) is 2.91. The third-order valence-corrected chi connectivity index (χ3v) is 5.73. The molecule has 23 heavy (non-hydrogen) atoms. The summed E-state index contributed by atoms with van der Waals surface area (Å²) in [5, 5.41) is 0.486. The van der Waals surface area contributed by atoms with Gasteiger partial charge in [-0.15, -0.1) is 0 Å². The number of carbonyl (C=O) groups excluding carboxylic acids is 1. The second kappa shape index (κ2) is 7.09. The van der Waals surface area contributed by atoms with Crippen molar-refractivity contribution in [1.29, 1.82) is 0 Å². The smallest absolute Gasteiger partial charge is 0.246 e. The summed E-state index contributed by atoms with van der Waals surface area (Å²) in [6.45, 7) is 5.07. The van der Waals surface area contributed by atoms with Gasteiger partial charge in [-0.25, -0.2) is 8.42 Å². The molecule has 5 nitrogen and oxygen atoms in total. The van der Waals surface area contributed by atoms with E-state index >= 15 is 0 Å². The van der Waals surface area contributed by atoms with E-state index in [9.17, 15) is 13.2 Å². The number of rotatable bonds is 5. The van der Waals surface area contributed by atoms with Crippen molar-refractivity contribution in [1.82, 2.24) is 4.90 Å². The molecule has 128 valence electrons. The number of likely N-dealkylation sites (tertiary alicyclic amines) is 1. The fourth-order valence-corrected chi connectivity index (χ4v) is 4.28. The van der Waals surface area contributed by atoms with Crippen molar-refractivity contribution in [3.05, 3.63) is 28.8 Å². The van der Waals surface area contributed by atoms with Crippen LogP contribution in [0.25, 0.3) is 0 Å². The molecule has 0 aromatic heterocycles. The van der Waals surface area contributed by atoms with E-state index in [1.165, 1.54) is 4.31 Å². The summed E-state index contributed by atoms with van der Waals surface area (Å²) in [6, 6.07) is 4.34. The molecule has 0 N–H and O–H groups in total. The maximum atomic E-state index is 12.8. The maximum Gasteiger partial charge on any atom is 0.246 e. The van der Waals surface area contributed by atoms with E-state index in [2.05, 4.69) is 0 Å². The first-order valence-corrected chi connectivity index (χ1v) is 10.0. The molecule has 1 heterocycles. The van der Waals surface area contributed by atoms with E-state index < -0.39 is 16.1 Å². The Morgan fingerprint density at radius 3 is 2.43 bits per heavy atom. The Hall–Kier alpha value is -1.27. The minimum Gasteiger partial charge on any atom is -0.341 e. The molecule has 1 fully saturated rings. The lowest BCUT2D eigenvalue weighted by Gasteiger charge is -2.32. The van der Waals surface area contributed by atoms with E-state index in [-0.39, 0.29) is 5.91 Å². The second-order valence-corrected chi connectivity index (χ2v) is 8.22. The second-order valence-electron chi connectivity index (χ2n) is 5.95. The van der Waals surface area contributed by atoms with Crippen LogP contribution in [0.5, 0.6) is 0 Å². The van der Waals surface area contributed by atoms with Gasteiger partial charge in [0, 0.05) is 18.1 Å². The summed E-state index contributed by atoms with van der Waals surface area (Å²) in [5.74, 6) is -0.132. The largest absolute Gasteiger partial charge is 0.341 e. The predicted molar refractivity (Wildman–Crippen MR) is 93.4 cm³/mol. The molecule has 0 bridgehead atoms. The highest BCUT2D eigenvalue weighted by molar-refractivity contribution is 7.92. The quantitative estimate of drug-likeness (QED) is 0.813. The number of benzene rings is 1. The van der Waals surface area contributed by atoms with Crippen LogP contribution < -0.4 is 4.31 Å². The Morgan fingerprint density at radius 2 is 1.96 bits per heavy atom. The minimum absolute atomic E-state index is 0.132. The van der Waals surface area contributed by atoms with Crippen LogP contribution in [0.3, 0.4) is 0 Å². The number of aryl methyl sites for hydroxylation is 1. The van der Waals surface area contributed by atoms with Crippen molar-refractivity contribution in [2.75, 3.05) is 23.7 Å². The highest BCUT2D eigenvalue weighted by Crippen LogP contribution is 2.28. The van der Waals surface area contributed by atoms with E-state index in [4.69, 9.17) is 11.6 Å². The van der Waals surface area contributed by atoms with Gasteiger partial charge in [-0.3, -0.25) is 9.10 Å². The summed E-state index contributed by atoms with van der Waals surface area (Å²) in [7, 11) is -3.61. The lowest BCUT2D eigenvalue weighted by atomic mass is 10.1. The molecular formula is C16H23ClN2O3S. The number of hydrogen-bond donors (Lipinski definition) is 0. The van der Waals surface area contributed by atoms with Crippen LogP contribution >= 0.6 is 11.6 Å². The topological polar surface area (TPSA) is 57.7 Å². The zero-order valence-electron chi connectivity index (χ0n) is 13.8. The van der Waals surface area contributed by atoms with Crippen molar-refractivity contribution in [2.24, 2.45) is 0 Å². The van der Waals surface area contributed by atoms with E-state index in [1.54, 1.807) is 23.1 Å². The van der Waals surface area contributed by atoms with Crippen LogP contribution in [-0.4, -0.2) is 44.6 Å². The van der Waals surface area contributed by atoms with Crippen LogP contribution in [0.15, 0.2) is 18.2 Å². The Balaban J connectivity index is 2.43. The number of sulfonamides is 1. The number of hydrogen-bond acceptors (Lipinski definition) is 3. The van der Waals surface area contributed by atoms with Crippen LogP contribution in [0, 0.1) is 6.92 Å². The number of amides is 1. The summed E-state index contributed by atoms with van der Waals surface area (Å²) < 4.78 is 25.9. The van der Waals surface area contributed by atoms with Gasteiger partial charge in [0.25, 0.3) is 0 Å². The SMILES string of the molecule is CC[C@@H](C(=O)N1CCCC1)N(c1ccc(C)c(Cl)c1)S(C)(=O)=O. The number of halogens is 1. The van der Waals surface area contributed by atoms with Crippen molar-refractivity contribution < 1.29 is 13.2 Å². The molecule has 1 saturated heterocycles. The van der Waals surface area contributed by atoms with Gasteiger partial charge in [-0.05, 0) is 43.9 Å². The third-order valence-electron chi connectivity index (χ3n) is 4.14. The Kier molecular flexibility index (Phi) is 5.57. The lowest BCUT2D eigenvalue weighted by molar-refractivity contribution is -0.131. The normalized spacial score (nSPS) is 16.4. The monoisotopic (exact) mass is 358 g/mol. The first-order chi connectivity index (χ1) is 10.8. The standard InChI is InChI=1S/C16H23ClN2O3S/c1-4-15(16(20)18-9-5-6-10-18)19(23(3,21)22)13-8-7-12(2)14(17)11-13/h7-8,11,15H,4-6,9-10H2,1-3H3/t15-/m0/s1. The molecule has 0 radical (unpaired) electrons. The molecule has 0 aliphatic carbocycles. The number of nitrogens with zero attached hydrogens (tertiary/aromatic N) is 2. The molecule has 1 atom stereocenters. The average molecular weight is 359 g/mol. The molecule has 1 aromatic rings. The summed E-state index contributed by atoms with van der Waals surface area (Å²) >= 11 is 6.15. The van der Waals surface area contributed by atoms with Gasteiger partial charge >= 0.3 is 0 Å². The third kappa shape index (κ3) is 3.98. The highest BCUT2D eigenvalue weighted by Gasteiger charge is 2.35. The Bertz CT molecular complexity index is 685. The molecule has 0 unspecified atom stereocenters. The highest BCUT2D eigenvalue weighted by atomic mass is 35.5. The van der Waals surface area contributed by atoms with Crippen LogP contribution in [0.4, 0.5) is 5.69 Å². The molecule has 0 spiro atoms. The van der Waals surface area contributed by atoms with E-state index in [0.717, 1.165) is 24.7 Å². The van der Waals surface area contributed by atoms with E-state index in [0.29, 0.717) is 30.2 Å². The predicted octanol–water partition coefficient (Wildman–Crippen LogP) is 2.82. The van der Waals surface area contributed by atoms with Gasteiger partial charge in [0.1, 0.15) is 6.04 Å². The maximum absolute atomic E-state index is 12.8. The molecular weight excluding hydrogens is 336 g/mol.